The van der Waals surface area contributed by atoms with Gasteiger partial charge in [-0.1, -0.05) is 6.07 Å². The van der Waals surface area contributed by atoms with Crippen molar-refractivity contribution in [2.75, 3.05) is 12.4 Å². The molecule has 2 aromatic heterocycles. The summed E-state index contributed by atoms with van der Waals surface area (Å²) in [6.45, 7) is 2.49. The Kier molecular flexibility index (Phi) is 3.36. The van der Waals surface area contributed by atoms with E-state index in [-0.39, 0.29) is 0 Å². The van der Waals surface area contributed by atoms with Gasteiger partial charge in [-0.15, -0.1) is 11.3 Å². The second-order valence-corrected chi connectivity index (χ2v) is 4.33. The standard InChI is InChI=1S/C11H13N3OS/c1-8-6-13-11(12-2)14-10(8)15-7-9-4-3-5-16-9/h3-6H,7H2,1-2H3,(H,12,13,14). The summed E-state index contributed by atoms with van der Waals surface area (Å²) < 4.78 is 5.64. The van der Waals surface area contributed by atoms with Crippen LogP contribution < -0.4 is 10.1 Å². The molecule has 0 unspecified atom stereocenters. The van der Waals surface area contributed by atoms with Gasteiger partial charge in [0.2, 0.25) is 11.8 Å². The monoisotopic (exact) mass is 235 g/mol. The molecule has 2 rings (SSSR count). The highest BCUT2D eigenvalue weighted by Gasteiger charge is 2.04. The zero-order valence-corrected chi connectivity index (χ0v) is 10.0. The first kappa shape index (κ1) is 10.9. The molecular weight excluding hydrogens is 222 g/mol. The molecule has 0 aliphatic heterocycles. The normalized spacial score (nSPS) is 10.1. The first-order chi connectivity index (χ1) is 7.79. The second-order valence-electron chi connectivity index (χ2n) is 3.30. The highest BCUT2D eigenvalue weighted by Crippen LogP contribution is 2.18. The predicted molar refractivity (Wildman–Crippen MR) is 65.0 cm³/mol. The maximum absolute atomic E-state index is 5.64. The van der Waals surface area contributed by atoms with Crippen LogP contribution in [-0.2, 0) is 6.61 Å². The fourth-order valence-electron chi connectivity index (χ4n) is 1.23. The van der Waals surface area contributed by atoms with Gasteiger partial charge >= 0.3 is 0 Å². The summed E-state index contributed by atoms with van der Waals surface area (Å²) in [5.41, 5.74) is 0.940. The lowest BCUT2D eigenvalue weighted by Crippen LogP contribution is -2.02. The number of hydrogen-bond donors (Lipinski definition) is 1. The maximum atomic E-state index is 5.64. The molecule has 4 nitrogen and oxygen atoms in total. The summed E-state index contributed by atoms with van der Waals surface area (Å²) in [6.07, 6.45) is 1.75. The van der Waals surface area contributed by atoms with Crippen molar-refractivity contribution in [2.45, 2.75) is 13.5 Å². The number of ether oxygens (including phenoxy) is 1. The third-order valence-corrected chi connectivity index (χ3v) is 2.93. The first-order valence-electron chi connectivity index (χ1n) is 4.96. The quantitative estimate of drug-likeness (QED) is 0.884. The molecule has 5 heteroatoms. The van der Waals surface area contributed by atoms with E-state index in [1.165, 1.54) is 4.88 Å². The average Bonchev–Trinajstić information content (AvgIpc) is 2.81. The Hall–Kier alpha value is -1.62. The van der Waals surface area contributed by atoms with Crippen LogP contribution >= 0.6 is 11.3 Å². The minimum Gasteiger partial charge on any atom is -0.472 e. The average molecular weight is 235 g/mol. The minimum atomic E-state index is 0.554. The van der Waals surface area contributed by atoms with Crippen molar-refractivity contribution in [1.82, 2.24) is 9.97 Å². The van der Waals surface area contributed by atoms with E-state index < -0.39 is 0 Å². The number of nitrogens with one attached hydrogen (secondary N) is 1. The van der Waals surface area contributed by atoms with Crippen LogP contribution in [0.2, 0.25) is 0 Å². The van der Waals surface area contributed by atoms with Gasteiger partial charge in [-0.05, 0) is 18.4 Å². The molecule has 0 saturated carbocycles. The summed E-state index contributed by atoms with van der Waals surface area (Å²) in [6, 6.07) is 4.05. The van der Waals surface area contributed by atoms with Crippen LogP contribution in [0.4, 0.5) is 5.95 Å². The topological polar surface area (TPSA) is 47.0 Å². The summed E-state index contributed by atoms with van der Waals surface area (Å²) >= 11 is 1.67. The van der Waals surface area contributed by atoms with Gasteiger partial charge in [0.25, 0.3) is 0 Å². The molecule has 0 aliphatic carbocycles. The van der Waals surface area contributed by atoms with Crippen LogP contribution in [0.5, 0.6) is 5.88 Å². The number of thiophene rings is 1. The molecular formula is C11H13N3OS. The molecule has 2 aromatic rings. The van der Waals surface area contributed by atoms with Crippen molar-refractivity contribution >= 4 is 17.3 Å². The van der Waals surface area contributed by atoms with E-state index >= 15 is 0 Å². The van der Waals surface area contributed by atoms with E-state index in [0.29, 0.717) is 18.4 Å². The highest BCUT2D eigenvalue weighted by atomic mass is 32.1. The molecule has 0 radical (unpaired) electrons. The number of aromatic nitrogens is 2. The van der Waals surface area contributed by atoms with Gasteiger partial charge in [-0.25, -0.2) is 4.98 Å². The lowest BCUT2D eigenvalue weighted by Gasteiger charge is -2.07. The van der Waals surface area contributed by atoms with Gasteiger partial charge in [-0.3, -0.25) is 0 Å². The zero-order chi connectivity index (χ0) is 11.4. The summed E-state index contributed by atoms with van der Waals surface area (Å²) in [4.78, 5) is 9.54. The highest BCUT2D eigenvalue weighted by molar-refractivity contribution is 7.09. The molecule has 1 N–H and O–H groups in total. The molecule has 0 saturated heterocycles. The Morgan fingerprint density at radius 1 is 1.50 bits per heavy atom. The summed E-state index contributed by atoms with van der Waals surface area (Å²) in [5, 5.41) is 4.92. The van der Waals surface area contributed by atoms with Gasteiger partial charge in [0.1, 0.15) is 6.61 Å². The fraction of sp³-hybridized carbons (Fsp3) is 0.273. The molecule has 2 heterocycles. The van der Waals surface area contributed by atoms with Crippen LogP contribution in [0, 0.1) is 6.92 Å². The Morgan fingerprint density at radius 3 is 3.06 bits per heavy atom. The van der Waals surface area contributed by atoms with Crippen LogP contribution in [-0.4, -0.2) is 17.0 Å². The smallest absolute Gasteiger partial charge is 0.225 e. The van der Waals surface area contributed by atoms with Crippen LogP contribution in [0.25, 0.3) is 0 Å². The number of aryl methyl sites for hydroxylation is 1. The zero-order valence-electron chi connectivity index (χ0n) is 9.23. The van der Waals surface area contributed by atoms with Gasteiger partial charge in [-0.2, -0.15) is 4.98 Å². The molecule has 0 aromatic carbocycles. The lowest BCUT2D eigenvalue weighted by molar-refractivity contribution is 0.295. The van der Waals surface area contributed by atoms with Crippen molar-refractivity contribution in [1.29, 1.82) is 0 Å². The molecule has 0 amide bonds. The molecule has 0 bridgehead atoms. The van der Waals surface area contributed by atoms with Crippen LogP contribution in [0.1, 0.15) is 10.4 Å². The van der Waals surface area contributed by atoms with E-state index in [0.717, 1.165) is 5.56 Å². The SMILES string of the molecule is CNc1ncc(C)c(OCc2cccs2)n1. The van der Waals surface area contributed by atoms with Crippen molar-refractivity contribution < 1.29 is 4.74 Å². The van der Waals surface area contributed by atoms with Crippen LogP contribution in [0.3, 0.4) is 0 Å². The maximum Gasteiger partial charge on any atom is 0.225 e. The number of rotatable bonds is 4. The van der Waals surface area contributed by atoms with E-state index in [2.05, 4.69) is 15.3 Å². The summed E-state index contributed by atoms with van der Waals surface area (Å²) in [7, 11) is 1.79. The molecule has 0 fully saturated rings. The van der Waals surface area contributed by atoms with Gasteiger partial charge in [0.05, 0.1) is 0 Å². The number of nitrogens with zero attached hydrogens (tertiary/aromatic N) is 2. The third-order valence-electron chi connectivity index (χ3n) is 2.08. The Balaban J connectivity index is 2.08. The van der Waals surface area contributed by atoms with Crippen LogP contribution in [0.15, 0.2) is 23.7 Å². The lowest BCUT2D eigenvalue weighted by atomic mass is 10.4. The summed E-state index contributed by atoms with van der Waals surface area (Å²) in [5.74, 6) is 1.21. The van der Waals surface area contributed by atoms with Crippen molar-refractivity contribution in [3.05, 3.63) is 34.2 Å². The fourth-order valence-corrected chi connectivity index (χ4v) is 1.84. The Morgan fingerprint density at radius 2 is 2.38 bits per heavy atom. The van der Waals surface area contributed by atoms with E-state index in [4.69, 9.17) is 4.74 Å². The molecule has 84 valence electrons. The first-order valence-corrected chi connectivity index (χ1v) is 5.84. The van der Waals surface area contributed by atoms with Gasteiger partial charge < -0.3 is 10.1 Å². The van der Waals surface area contributed by atoms with Gasteiger partial charge in [0.15, 0.2) is 0 Å². The van der Waals surface area contributed by atoms with E-state index in [1.807, 2.05) is 24.4 Å². The third kappa shape index (κ3) is 2.49. The number of anilines is 1. The van der Waals surface area contributed by atoms with E-state index in [9.17, 15) is 0 Å². The van der Waals surface area contributed by atoms with Crippen molar-refractivity contribution in [2.24, 2.45) is 0 Å². The van der Waals surface area contributed by atoms with Gasteiger partial charge in [0, 0.05) is 23.7 Å². The minimum absolute atomic E-state index is 0.554. The Labute approximate surface area is 98.3 Å². The van der Waals surface area contributed by atoms with Crippen molar-refractivity contribution in [3.63, 3.8) is 0 Å². The van der Waals surface area contributed by atoms with E-state index in [1.54, 1.807) is 24.6 Å². The molecule has 0 spiro atoms. The molecule has 0 atom stereocenters. The second kappa shape index (κ2) is 4.94. The largest absolute Gasteiger partial charge is 0.472 e. The molecule has 16 heavy (non-hydrogen) atoms. The predicted octanol–water partition coefficient (Wildman–Crippen LogP) is 2.47. The Bertz CT molecular complexity index is 456. The molecule has 0 aliphatic rings. The number of hydrogen-bond acceptors (Lipinski definition) is 5. The van der Waals surface area contributed by atoms with Crippen molar-refractivity contribution in [3.8, 4) is 5.88 Å².